The van der Waals surface area contributed by atoms with Crippen LogP contribution >= 0.6 is 0 Å². The number of rotatable bonds is 0. The quantitative estimate of drug-likeness (QED) is 0.503. The lowest BCUT2D eigenvalue weighted by Crippen LogP contribution is -2.20. The fourth-order valence-corrected chi connectivity index (χ4v) is 3.93. The van der Waals surface area contributed by atoms with Gasteiger partial charge in [-0.1, -0.05) is 69.3 Å². The van der Waals surface area contributed by atoms with Gasteiger partial charge in [0.05, 0.1) is 0 Å². The van der Waals surface area contributed by atoms with Crippen molar-refractivity contribution in [3.8, 4) is 22.3 Å². The predicted molar refractivity (Wildman–Crippen MR) is 96.4 cm³/mol. The minimum absolute atomic E-state index is 0.141. The molecule has 0 saturated heterocycles. The SMILES string of the molecule is CC(C)(C)C1c2ccccc2-c2ccncc2-c2ccccc21. The molecule has 3 aromatic rings. The van der Waals surface area contributed by atoms with Crippen LogP contribution in [0.3, 0.4) is 0 Å². The topological polar surface area (TPSA) is 12.9 Å². The molecule has 0 amide bonds. The molecule has 0 fully saturated rings. The van der Waals surface area contributed by atoms with Crippen molar-refractivity contribution < 1.29 is 0 Å². The number of aromatic nitrogens is 1. The van der Waals surface area contributed by atoms with Gasteiger partial charge in [-0.3, -0.25) is 4.98 Å². The van der Waals surface area contributed by atoms with E-state index in [1.54, 1.807) is 0 Å². The molecule has 0 bridgehead atoms. The van der Waals surface area contributed by atoms with Crippen molar-refractivity contribution in [2.75, 3.05) is 0 Å². The van der Waals surface area contributed by atoms with E-state index in [0.29, 0.717) is 5.92 Å². The fraction of sp³-hybridized carbons (Fsp3) is 0.227. The molecule has 2 aromatic carbocycles. The molecule has 0 aliphatic heterocycles. The summed E-state index contributed by atoms with van der Waals surface area (Å²) in [6.45, 7) is 7.00. The van der Waals surface area contributed by atoms with Gasteiger partial charge in [-0.2, -0.15) is 0 Å². The summed E-state index contributed by atoms with van der Waals surface area (Å²) in [7, 11) is 0. The molecule has 1 aromatic heterocycles. The Bertz CT molecular complexity index is 804. The van der Waals surface area contributed by atoms with Gasteiger partial charge in [-0.05, 0) is 39.3 Å². The largest absolute Gasteiger partial charge is 0.264 e. The van der Waals surface area contributed by atoms with Crippen LogP contribution in [0.5, 0.6) is 0 Å². The van der Waals surface area contributed by atoms with E-state index in [0.717, 1.165) is 0 Å². The van der Waals surface area contributed by atoms with Crippen molar-refractivity contribution in [1.29, 1.82) is 0 Å². The molecule has 4 rings (SSSR count). The molecule has 1 heteroatoms. The van der Waals surface area contributed by atoms with Gasteiger partial charge in [0, 0.05) is 23.9 Å². The maximum atomic E-state index is 4.40. The van der Waals surface area contributed by atoms with E-state index < -0.39 is 0 Å². The summed E-state index contributed by atoms with van der Waals surface area (Å²) < 4.78 is 0. The van der Waals surface area contributed by atoms with E-state index in [1.165, 1.54) is 33.4 Å². The van der Waals surface area contributed by atoms with Crippen LogP contribution in [0, 0.1) is 5.41 Å². The van der Waals surface area contributed by atoms with Crippen molar-refractivity contribution >= 4 is 0 Å². The smallest absolute Gasteiger partial charge is 0.0352 e. The number of pyridine rings is 1. The van der Waals surface area contributed by atoms with E-state index in [-0.39, 0.29) is 5.41 Å². The molecule has 1 aliphatic rings. The average molecular weight is 299 g/mol. The highest BCUT2D eigenvalue weighted by atomic mass is 14.6. The maximum Gasteiger partial charge on any atom is 0.0352 e. The Morgan fingerprint density at radius 3 is 1.87 bits per heavy atom. The number of hydrogen-bond donors (Lipinski definition) is 0. The second-order valence-corrected chi connectivity index (χ2v) is 7.39. The number of hydrogen-bond acceptors (Lipinski definition) is 1. The zero-order valence-electron chi connectivity index (χ0n) is 13.9. The minimum Gasteiger partial charge on any atom is -0.264 e. The number of nitrogens with zero attached hydrogens (tertiary/aromatic N) is 1. The Morgan fingerprint density at radius 2 is 1.26 bits per heavy atom. The monoisotopic (exact) mass is 299 g/mol. The summed E-state index contributed by atoms with van der Waals surface area (Å²) in [6, 6.07) is 19.8. The van der Waals surface area contributed by atoms with Crippen molar-refractivity contribution in [2.45, 2.75) is 26.7 Å². The molecule has 114 valence electrons. The summed E-state index contributed by atoms with van der Waals surface area (Å²) in [5, 5.41) is 0. The van der Waals surface area contributed by atoms with E-state index in [9.17, 15) is 0 Å². The molecular formula is C22H21N. The van der Waals surface area contributed by atoms with Gasteiger partial charge >= 0.3 is 0 Å². The lowest BCUT2D eigenvalue weighted by molar-refractivity contribution is 0.360. The number of benzene rings is 2. The van der Waals surface area contributed by atoms with Crippen LogP contribution in [-0.4, -0.2) is 4.98 Å². The van der Waals surface area contributed by atoms with Gasteiger partial charge in [-0.15, -0.1) is 0 Å². The maximum absolute atomic E-state index is 4.40. The standard InChI is InChI=1S/C22H21N/c1-22(2,3)21-18-10-6-4-8-15(18)17-12-13-23-14-20(17)16-9-5-7-11-19(16)21/h4-14,21H,1-3H3. The van der Waals surface area contributed by atoms with Crippen LogP contribution in [0.15, 0.2) is 67.0 Å². The third-order valence-electron chi connectivity index (χ3n) is 4.81. The Balaban J connectivity index is 2.17. The Labute approximate surface area is 138 Å². The lowest BCUT2D eigenvalue weighted by Gasteiger charge is -2.33. The number of fused-ring (bicyclic) bond motifs is 5. The Kier molecular flexibility index (Phi) is 3.12. The van der Waals surface area contributed by atoms with Gasteiger partial charge in [0.2, 0.25) is 0 Å². The molecule has 1 nitrogen and oxygen atoms in total. The first-order valence-electron chi connectivity index (χ1n) is 8.20. The first-order chi connectivity index (χ1) is 11.1. The van der Waals surface area contributed by atoms with Crippen LogP contribution in [0.1, 0.15) is 37.8 Å². The summed E-state index contributed by atoms with van der Waals surface area (Å²) >= 11 is 0. The predicted octanol–water partition coefficient (Wildman–Crippen LogP) is 5.91. The summed E-state index contributed by atoms with van der Waals surface area (Å²) in [4.78, 5) is 4.40. The van der Waals surface area contributed by atoms with Crippen LogP contribution in [0.25, 0.3) is 22.3 Å². The summed E-state index contributed by atoms with van der Waals surface area (Å²) in [5.74, 6) is 0.363. The van der Waals surface area contributed by atoms with E-state index in [2.05, 4.69) is 80.4 Å². The van der Waals surface area contributed by atoms with Gasteiger partial charge in [-0.25, -0.2) is 0 Å². The van der Waals surface area contributed by atoms with Crippen molar-refractivity contribution in [1.82, 2.24) is 4.98 Å². The Hall–Kier alpha value is -2.41. The van der Waals surface area contributed by atoms with Crippen LogP contribution in [-0.2, 0) is 0 Å². The summed E-state index contributed by atoms with van der Waals surface area (Å²) in [6.07, 6.45) is 3.91. The first kappa shape index (κ1) is 14.2. The second kappa shape index (κ2) is 5.06. The molecule has 0 spiro atoms. The van der Waals surface area contributed by atoms with Gasteiger partial charge in [0.25, 0.3) is 0 Å². The first-order valence-corrected chi connectivity index (χ1v) is 8.20. The Morgan fingerprint density at radius 1 is 0.696 bits per heavy atom. The highest BCUT2D eigenvalue weighted by Gasteiger charge is 2.34. The van der Waals surface area contributed by atoms with E-state index >= 15 is 0 Å². The normalized spacial score (nSPS) is 16.0. The average Bonchev–Trinajstić information content (AvgIpc) is 2.67. The van der Waals surface area contributed by atoms with Crippen LogP contribution in [0.4, 0.5) is 0 Å². The highest BCUT2D eigenvalue weighted by Crippen LogP contribution is 2.51. The third-order valence-corrected chi connectivity index (χ3v) is 4.81. The lowest BCUT2D eigenvalue weighted by atomic mass is 9.71. The molecule has 23 heavy (non-hydrogen) atoms. The van der Waals surface area contributed by atoms with Crippen molar-refractivity contribution in [3.63, 3.8) is 0 Å². The molecule has 0 saturated carbocycles. The third kappa shape index (κ3) is 2.19. The highest BCUT2D eigenvalue weighted by molar-refractivity contribution is 5.88. The van der Waals surface area contributed by atoms with E-state index in [1.807, 2.05) is 12.4 Å². The molecular weight excluding hydrogens is 278 g/mol. The van der Waals surface area contributed by atoms with Crippen molar-refractivity contribution in [3.05, 3.63) is 78.1 Å². The molecule has 1 unspecified atom stereocenters. The molecule has 1 aliphatic carbocycles. The second-order valence-electron chi connectivity index (χ2n) is 7.39. The van der Waals surface area contributed by atoms with Gasteiger partial charge in [0.15, 0.2) is 0 Å². The van der Waals surface area contributed by atoms with Crippen LogP contribution in [0.2, 0.25) is 0 Å². The zero-order chi connectivity index (χ0) is 16.0. The van der Waals surface area contributed by atoms with Gasteiger partial charge in [0.1, 0.15) is 0 Å². The molecule has 0 N–H and O–H groups in total. The minimum atomic E-state index is 0.141. The van der Waals surface area contributed by atoms with Gasteiger partial charge < -0.3 is 0 Å². The van der Waals surface area contributed by atoms with Crippen molar-refractivity contribution in [2.24, 2.45) is 5.41 Å². The fourth-order valence-electron chi connectivity index (χ4n) is 3.93. The molecule has 0 radical (unpaired) electrons. The van der Waals surface area contributed by atoms with Crippen LogP contribution < -0.4 is 0 Å². The summed E-state index contributed by atoms with van der Waals surface area (Å²) in [5.41, 5.74) is 8.13. The molecule has 1 atom stereocenters. The zero-order valence-corrected chi connectivity index (χ0v) is 13.9. The molecule has 1 heterocycles. The van der Waals surface area contributed by atoms with E-state index in [4.69, 9.17) is 0 Å².